The molecule has 0 fully saturated rings. The predicted octanol–water partition coefficient (Wildman–Crippen LogP) is 1.17. The molecule has 1 heterocycles. The molecule has 1 rings (SSSR count). The summed E-state index contributed by atoms with van der Waals surface area (Å²) in [6.45, 7) is 1.80. The number of nitrogens with zero attached hydrogens (tertiary/aromatic N) is 1. The first-order valence-corrected chi connectivity index (χ1v) is 4.49. The normalized spacial score (nSPS) is 12.5. The van der Waals surface area contributed by atoms with Crippen LogP contribution in [0.4, 0.5) is 0 Å². The Morgan fingerprint density at radius 3 is 2.86 bits per heavy atom. The summed E-state index contributed by atoms with van der Waals surface area (Å²) in [5.41, 5.74) is 6.58. The lowest BCUT2D eigenvalue weighted by molar-refractivity contribution is -0.138. The van der Waals surface area contributed by atoms with Gasteiger partial charge < -0.3 is 10.8 Å². The lowest BCUT2D eigenvalue weighted by Gasteiger charge is -2.11. The van der Waals surface area contributed by atoms with Gasteiger partial charge in [0.25, 0.3) is 0 Å². The van der Waals surface area contributed by atoms with Gasteiger partial charge in [0.2, 0.25) is 0 Å². The Balaban J connectivity index is 3.10. The van der Waals surface area contributed by atoms with Crippen LogP contribution in [0.3, 0.4) is 0 Å². The molecule has 3 N–H and O–H groups in total. The van der Waals surface area contributed by atoms with E-state index >= 15 is 0 Å². The molecule has 0 aromatic carbocycles. The molecule has 1 atom stereocenters. The molecule has 0 saturated carbocycles. The lowest BCUT2D eigenvalue weighted by atomic mass is 10.0. The molecule has 1 unspecified atom stereocenters. The Morgan fingerprint density at radius 1 is 1.79 bits per heavy atom. The van der Waals surface area contributed by atoms with E-state index in [0.717, 1.165) is 5.56 Å². The largest absolute Gasteiger partial charge is 0.481 e. The van der Waals surface area contributed by atoms with Crippen molar-refractivity contribution < 1.29 is 9.90 Å². The lowest BCUT2D eigenvalue weighted by Crippen LogP contribution is -2.23. The Labute approximate surface area is 86.7 Å². The molecule has 0 bridgehead atoms. The van der Waals surface area contributed by atoms with Gasteiger partial charge in [0.15, 0.2) is 0 Å². The number of aryl methyl sites for hydroxylation is 1. The fraction of sp³-hybridized carbons (Fsp3) is 0.333. The summed E-state index contributed by atoms with van der Waals surface area (Å²) in [5, 5.41) is 9.36. The van der Waals surface area contributed by atoms with Gasteiger partial charge in [-0.25, -0.2) is 0 Å². The van der Waals surface area contributed by atoms with Crippen molar-refractivity contribution in [2.45, 2.75) is 12.8 Å². The first-order valence-electron chi connectivity index (χ1n) is 4.11. The van der Waals surface area contributed by atoms with E-state index in [0.29, 0.717) is 10.7 Å². The van der Waals surface area contributed by atoms with E-state index in [1.165, 1.54) is 6.20 Å². The van der Waals surface area contributed by atoms with Gasteiger partial charge in [-0.3, -0.25) is 9.78 Å². The fourth-order valence-electron chi connectivity index (χ4n) is 1.25. The van der Waals surface area contributed by atoms with Crippen LogP contribution in [0.5, 0.6) is 0 Å². The van der Waals surface area contributed by atoms with Gasteiger partial charge >= 0.3 is 5.97 Å². The molecule has 0 amide bonds. The minimum Gasteiger partial charge on any atom is -0.481 e. The summed E-state index contributed by atoms with van der Waals surface area (Å²) in [7, 11) is 0. The van der Waals surface area contributed by atoms with Crippen LogP contribution >= 0.6 is 11.6 Å². The summed E-state index contributed by atoms with van der Waals surface area (Å²) in [6, 6.07) is 1.68. The summed E-state index contributed by atoms with van der Waals surface area (Å²) in [4.78, 5) is 14.8. The van der Waals surface area contributed by atoms with Gasteiger partial charge in [-0.1, -0.05) is 11.6 Å². The Hall–Kier alpha value is -1.13. The molecule has 0 aliphatic rings. The molecule has 0 saturated heterocycles. The minimum atomic E-state index is -0.967. The monoisotopic (exact) mass is 214 g/mol. The number of carbonyl (C=O) groups is 1. The maximum Gasteiger partial charge on any atom is 0.313 e. The zero-order valence-corrected chi connectivity index (χ0v) is 8.45. The number of halogens is 1. The summed E-state index contributed by atoms with van der Waals surface area (Å²) < 4.78 is 0. The van der Waals surface area contributed by atoms with Crippen LogP contribution in [-0.4, -0.2) is 22.6 Å². The number of carboxylic acids is 1. The second-order valence-corrected chi connectivity index (χ2v) is 3.42. The standard InChI is InChI=1S/C9H11ClN2O2/c1-5-2-6(10)4-12-8(5)7(3-11)9(13)14/h2,4,7H,3,11H2,1H3,(H,13,14). The molecule has 76 valence electrons. The summed E-state index contributed by atoms with van der Waals surface area (Å²) in [5.74, 6) is -1.72. The maximum absolute atomic E-state index is 10.8. The van der Waals surface area contributed by atoms with Crippen molar-refractivity contribution in [3.8, 4) is 0 Å². The molecule has 14 heavy (non-hydrogen) atoms. The molecule has 4 nitrogen and oxygen atoms in total. The number of hydrogen-bond donors (Lipinski definition) is 2. The van der Waals surface area contributed by atoms with Crippen molar-refractivity contribution >= 4 is 17.6 Å². The molecule has 0 aliphatic carbocycles. The predicted molar refractivity (Wildman–Crippen MR) is 53.4 cm³/mol. The van der Waals surface area contributed by atoms with Crippen LogP contribution < -0.4 is 5.73 Å². The van der Waals surface area contributed by atoms with E-state index < -0.39 is 11.9 Å². The third-order valence-electron chi connectivity index (χ3n) is 1.95. The molecular formula is C9H11ClN2O2. The van der Waals surface area contributed by atoms with Crippen molar-refractivity contribution in [1.29, 1.82) is 0 Å². The van der Waals surface area contributed by atoms with Crippen LogP contribution in [0.1, 0.15) is 17.2 Å². The zero-order valence-electron chi connectivity index (χ0n) is 7.70. The number of aromatic nitrogens is 1. The van der Waals surface area contributed by atoms with Crippen molar-refractivity contribution in [3.63, 3.8) is 0 Å². The van der Waals surface area contributed by atoms with Gasteiger partial charge in [-0.2, -0.15) is 0 Å². The Morgan fingerprint density at radius 2 is 2.43 bits per heavy atom. The highest BCUT2D eigenvalue weighted by Gasteiger charge is 2.21. The van der Waals surface area contributed by atoms with Crippen molar-refractivity contribution in [2.24, 2.45) is 5.73 Å². The number of pyridine rings is 1. The SMILES string of the molecule is Cc1cc(Cl)cnc1C(CN)C(=O)O. The maximum atomic E-state index is 10.8. The van der Waals surface area contributed by atoms with Crippen LogP contribution in [0.15, 0.2) is 12.3 Å². The van der Waals surface area contributed by atoms with Gasteiger partial charge in [-0.15, -0.1) is 0 Å². The smallest absolute Gasteiger partial charge is 0.313 e. The van der Waals surface area contributed by atoms with Crippen LogP contribution in [0, 0.1) is 6.92 Å². The van der Waals surface area contributed by atoms with E-state index in [-0.39, 0.29) is 6.54 Å². The van der Waals surface area contributed by atoms with Crippen LogP contribution in [-0.2, 0) is 4.79 Å². The van der Waals surface area contributed by atoms with E-state index in [1.807, 2.05) is 0 Å². The average Bonchev–Trinajstić information content (AvgIpc) is 2.09. The number of rotatable bonds is 3. The van der Waals surface area contributed by atoms with Crippen molar-refractivity contribution in [3.05, 3.63) is 28.5 Å². The van der Waals surface area contributed by atoms with E-state index in [2.05, 4.69) is 4.98 Å². The number of carboxylic acid groups (broad SMARTS) is 1. The molecule has 1 aromatic heterocycles. The average molecular weight is 215 g/mol. The minimum absolute atomic E-state index is 0.0325. The number of hydrogen-bond acceptors (Lipinski definition) is 3. The molecular weight excluding hydrogens is 204 g/mol. The van der Waals surface area contributed by atoms with E-state index in [1.54, 1.807) is 13.0 Å². The Kier molecular flexibility index (Phi) is 3.43. The highest BCUT2D eigenvalue weighted by Crippen LogP contribution is 2.19. The fourth-order valence-corrected chi connectivity index (χ4v) is 1.46. The van der Waals surface area contributed by atoms with Crippen LogP contribution in [0.2, 0.25) is 5.02 Å². The first-order chi connectivity index (χ1) is 6.56. The van der Waals surface area contributed by atoms with Crippen LogP contribution in [0.25, 0.3) is 0 Å². The third kappa shape index (κ3) is 2.21. The summed E-state index contributed by atoms with van der Waals surface area (Å²) in [6.07, 6.45) is 1.43. The molecule has 1 aromatic rings. The second-order valence-electron chi connectivity index (χ2n) is 2.98. The third-order valence-corrected chi connectivity index (χ3v) is 2.16. The van der Waals surface area contributed by atoms with Gasteiger partial charge in [-0.05, 0) is 18.6 Å². The van der Waals surface area contributed by atoms with Gasteiger partial charge in [0.1, 0.15) is 5.92 Å². The number of nitrogens with two attached hydrogens (primary N) is 1. The number of aliphatic carboxylic acids is 1. The molecule has 0 spiro atoms. The van der Waals surface area contributed by atoms with Crippen molar-refractivity contribution in [1.82, 2.24) is 4.98 Å². The molecule has 0 aliphatic heterocycles. The molecule has 5 heteroatoms. The van der Waals surface area contributed by atoms with E-state index in [9.17, 15) is 4.79 Å². The topological polar surface area (TPSA) is 76.2 Å². The van der Waals surface area contributed by atoms with Gasteiger partial charge in [0.05, 0.1) is 10.7 Å². The van der Waals surface area contributed by atoms with Gasteiger partial charge in [0, 0.05) is 12.7 Å². The highest BCUT2D eigenvalue weighted by molar-refractivity contribution is 6.30. The zero-order chi connectivity index (χ0) is 10.7. The van der Waals surface area contributed by atoms with E-state index in [4.69, 9.17) is 22.4 Å². The van der Waals surface area contributed by atoms with Crippen molar-refractivity contribution in [2.75, 3.05) is 6.54 Å². The quantitative estimate of drug-likeness (QED) is 0.792. The second kappa shape index (κ2) is 4.39. The molecule has 0 radical (unpaired) electrons. The Bertz CT molecular complexity index is 355. The highest BCUT2D eigenvalue weighted by atomic mass is 35.5. The first kappa shape index (κ1) is 10.9. The summed E-state index contributed by atoms with van der Waals surface area (Å²) >= 11 is 5.70.